The van der Waals surface area contributed by atoms with Crippen LogP contribution in [0.5, 0.6) is 5.75 Å². The standard InChI is InChI=1S/C25H21BrN4O6/c1-28-13-18(23(30(34)35)25(28)19-7-2-3-8-21(19)27-24(25)31)16-9-10-22(20(26)12-16)36-14-15-5-4-6-17(11-15)29(32)33/h2-12,18,23H,13-14H2,1H3,(H,27,31)/t18-,23+,25-/m1/s1. The number of hydrogen-bond acceptors (Lipinski definition) is 7. The highest BCUT2D eigenvalue weighted by molar-refractivity contribution is 9.10. The van der Waals surface area contributed by atoms with E-state index in [9.17, 15) is 25.0 Å². The number of hydrogen-bond donors (Lipinski definition) is 1. The number of likely N-dealkylation sites (N-methyl/N-ethyl adjacent to an activating group) is 1. The average molecular weight is 553 g/mol. The van der Waals surface area contributed by atoms with Crippen molar-refractivity contribution in [2.45, 2.75) is 24.1 Å². The summed E-state index contributed by atoms with van der Waals surface area (Å²) in [7, 11) is 1.74. The summed E-state index contributed by atoms with van der Waals surface area (Å²) in [4.78, 5) is 37.6. The first kappa shape index (κ1) is 23.9. The molecule has 0 radical (unpaired) electrons. The third-order valence-corrected chi connectivity index (χ3v) is 7.56. The van der Waals surface area contributed by atoms with Gasteiger partial charge >= 0.3 is 0 Å². The zero-order valence-electron chi connectivity index (χ0n) is 19.1. The number of fused-ring (bicyclic) bond motifs is 2. The van der Waals surface area contributed by atoms with Gasteiger partial charge in [0.1, 0.15) is 12.4 Å². The fourth-order valence-electron chi connectivity index (χ4n) is 5.37. The smallest absolute Gasteiger partial charge is 0.269 e. The first-order valence-corrected chi connectivity index (χ1v) is 11.9. The molecule has 1 saturated heterocycles. The summed E-state index contributed by atoms with van der Waals surface area (Å²) in [6, 6.07) is 17.3. The topological polar surface area (TPSA) is 128 Å². The van der Waals surface area contributed by atoms with E-state index in [1.165, 1.54) is 12.1 Å². The van der Waals surface area contributed by atoms with Gasteiger partial charge in [-0.1, -0.05) is 36.4 Å². The molecule has 0 unspecified atom stereocenters. The van der Waals surface area contributed by atoms with Gasteiger partial charge in [0.15, 0.2) is 5.54 Å². The summed E-state index contributed by atoms with van der Waals surface area (Å²) in [6.07, 6.45) is 0. The van der Waals surface area contributed by atoms with Crippen molar-refractivity contribution in [2.75, 3.05) is 18.9 Å². The van der Waals surface area contributed by atoms with Gasteiger partial charge in [0.05, 0.1) is 15.3 Å². The van der Waals surface area contributed by atoms with E-state index < -0.39 is 28.3 Å². The lowest BCUT2D eigenvalue weighted by Crippen LogP contribution is -2.54. The number of nitro benzene ring substituents is 1. The van der Waals surface area contributed by atoms with Crippen molar-refractivity contribution in [3.8, 4) is 5.75 Å². The zero-order chi connectivity index (χ0) is 25.6. The van der Waals surface area contributed by atoms with Crippen LogP contribution in [-0.4, -0.2) is 40.3 Å². The van der Waals surface area contributed by atoms with E-state index in [0.717, 1.165) is 0 Å². The number of nitro groups is 2. The molecule has 3 aromatic carbocycles. The van der Waals surface area contributed by atoms with Crippen LogP contribution in [0, 0.1) is 20.2 Å². The molecule has 2 heterocycles. The Morgan fingerprint density at radius 1 is 1.11 bits per heavy atom. The van der Waals surface area contributed by atoms with Gasteiger partial charge in [-0.3, -0.25) is 29.9 Å². The number of amides is 1. The number of ether oxygens (including phenoxy) is 1. The van der Waals surface area contributed by atoms with Gasteiger partial charge in [0.2, 0.25) is 0 Å². The summed E-state index contributed by atoms with van der Waals surface area (Å²) >= 11 is 3.49. The Hall–Kier alpha value is -3.83. The molecule has 3 atom stereocenters. The number of rotatable bonds is 6. The average Bonchev–Trinajstić information content (AvgIpc) is 3.33. The van der Waals surface area contributed by atoms with Gasteiger partial charge in [-0.25, -0.2) is 0 Å². The van der Waals surface area contributed by atoms with Crippen LogP contribution >= 0.6 is 15.9 Å². The van der Waals surface area contributed by atoms with Gasteiger partial charge in [-0.2, -0.15) is 0 Å². The molecule has 1 spiro atoms. The summed E-state index contributed by atoms with van der Waals surface area (Å²) in [5.41, 5.74) is 1.11. The first-order chi connectivity index (χ1) is 17.2. The molecule has 1 N–H and O–H groups in total. The minimum absolute atomic E-state index is 0.0202. The van der Waals surface area contributed by atoms with Gasteiger partial charge in [-0.05, 0) is 52.3 Å². The van der Waals surface area contributed by atoms with Gasteiger partial charge in [0.25, 0.3) is 17.6 Å². The van der Waals surface area contributed by atoms with E-state index in [4.69, 9.17) is 4.74 Å². The fourth-order valence-corrected chi connectivity index (χ4v) is 5.88. The number of non-ortho nitro benzene ring substituents is 1. The van der Waals surface area contributed by atoms with Crippen LogP contribution in [0.1, 0.15) is 22.6 Å². The van der Waals surface area contributed by atoms with Crippen molar-refractivity contribution in [3.63, 3.8) is 0 Å². The lowest BCUT2D eigenvalue weighted by Gasteiger charge is -2.30. The molecule has 0 aliphatic carbocycles. The van der Waals surface area contributed by atoms with Crippen LogP contribution in [0.4, 0.5) is 11.4 Å². The number of benzene rings is 3. The second kappa shape index (κ2) is 8.99. The van der Waals surface area contributed by atoms with Crippen molar-refractivity contribution in [2.24, 2.45) is 0 Å². The Bertz CT molecular complexity index is 1400. The lowest BCUT2D eigenvalue weighted by molar-refractivity contribution is -0.534. The third-order valence-electron chi connectivity index (χ3n) is 6.94. The van der Waals surface area contributed by atoms with E-state index in [0.29, 0.717) is 39.1 Å². The van der Waals surface area contributed by atoms with Crippen molar-refractivity contribution < 1.29 is 19.4 Å². The van der Waals surface area contributed by atoms with Gasteiger partial charge in [-0.15, -0.1) is 0 Å². The molecular formula is C25H21BrN4O6. The van der Waals surface area contributed by atoms with E-state index in [1.807, 2.05) is 0 Å². The van der Waals surface area contributed by atoms with Crippen LogP contribution in [0.15, 0.2) is 71.2 Å². The summed E-state index contributed by atoms with van der Waals surface area (Å²) in [5, 5.41) is 26.3. The van der Waals surface area contributed by atoms with Crippen LogP contribution in [0.25, 0.3) is 0 Å². The van der Waals surface area contributed by atoms with Crippen LogP contribution < -0.4 is 10.1 Å². The third kappa shape index (κ3) is 3.71. The number of nitrogens with one attached hydrogen (secondary N) is 1. The van der Waals surface area contributed by atoms with Crippen molar-refractivity contribution in [1.82, 2.24) is 4.90 Å². The normalized spacial score (nSPS) is 22.9. The monoisotopic (exact) mass is 552 g/mol. The molecule has 184 valence electrons. The number of carbonyl (C=O) groups excluding carboxylic acids is 1. The van der Waals surface area contributed by atoms with Crippen LogP contribution in [0.2, 0.25) is 0 Å². The number of para-hydroxylation sites is 1. The largest absolute Gasteiger partial charge is 0.488 e. The molecular weight excluding hydrogens is 532 g/mol. The number of carbonyl (C=O) groups is 1. The molecule has 0 saturated carbocycles. The molecule has 5 rings (SSSR count). The van der Waals surface area contributed by atoms with Gasteiger partial charge < -0.3 is 10.1 Å². The maximum absolute atomic E-state index is 13.2. The highest BCUT2D eigenvalue weighted by atomic mass is 79.9. The molecule has 2 aliphatic heterocycles. The molecule has 36 heavy (non-hydrogen) atoms. The fraction of sp³-hybridized carbons (Fsp3) is 0.240. The summed E-state index contributed by atoms with van der Waals surface area (Å²) in [5.74, 6) is -0.455. The molecule has 0 aromatic heterocycles. The SMILES string of the molecule is CN1C[C@H](c2ccc(OCc3cccc([N+](=O)[O-])c3)c(Br)c2)[C@H]([N+](=O)[O-])[C@]12C(=O)Nc1ccccc12. The summed E-state index contributed by atoms with van der Waals surface area (Å²) in [6.45, 7) is 0.428. The molecule has 2 aliphatic rings. The molecule has 1 fully saturated rings. The number of anilines is 1. The van der Waals surface area contributed by atoms with E-state index in [-0.39, 0.29) is 17.2 Å². The lowest BCUT2D eigenvalue weighted by atomic mass is 9.79. The molecule has 0 bridgehead atoms. The minimum Gasteiger partial charge on any atom is -0.488 e. The maximum atomic E-state index is 13.2. The highest BCUT2D eigenvalue weighted by Gasteiger charge is 2.68. The van der Waals surface area contributed by atoms with E-state index >= 15 is 0 Å². The highest BCUT2D eigenvalue weighted by Crippen LogP contribution is 2.52. The Morgan fingerprint density at radius 3 is 2.61 bits per heavy atom. The molecule has 11 heteroatoms. The number of nitrogens with zero attached hydrogens (tertiary/aromatic N) is 3. The Kier molecular flexibility index (Phi) is 5.97. The van der Waals surface area contributed by atoms with Crippen LogP contribution in [0.3, 0.4) is 0 Å². The van der Waals surface area contributed by atoms with Crippen molar-refractivity contribution >= 4 is 33.2 Å². The predicted molar refractivity (Wildman–Crippen MR) is 134 cm³/mol. The maximum Gasteiger partial charge on any atom is 0.269 e. The summed E-state index contributed by atoms with van der Waals surface area (Å²) < 4.78 is 6.44. The number of likely N-dealkylation sites (tertiary alicyclic amines) is 1. The van der Waals surface area contributed by atoms with Crippen LogP contribution in [-0.2, 0) is 16.9 Å². The first-order valence-electron chi connectivity index (χ1n) is 11.1. The number of halogens is 1. The molecule has 3 aromatic rings. The Labute approximate surface area is 214 Å². The van der Waals surface area contributed by atoms with Crippen molar-refractivity contribution in [3.05, 3.63) is 108 Å². The van der Waals surface area contributed by atoms with E-state index in [2.05, 4.69) is 21.2 Å². The quantitative estimate of drug-likeness (QED) is 0.353. The van der Waals surface area contributed by atoms with Crippen molar-refractivity contribution in [1.29, 1.82) is 0 Å². The zero-order valence-corrected chi connectivity index (χ0v) is 20.7. The second-order valence-electron chi connectivity index (χ2n) is 8.89. The minimum atomic E-state index is -1.41. The predicted octanol–water partition coefficient (Wildman–Crippen LogP) is 4.46. The second-order valence-corrected chi connectivity index (χ2v) is 9.74. The van der Waals surface area contributed by atoms with E-state index in [1.54, 1.807) is 66.5 Å². The van der Waals surface area contributed by atoms with Gasteiger partial charge in [0, 0.05) is 34.9 Å². The Balaban J connectivity index is 1.44. The molecule has 1 amide bonds. The Morgan fingerprint density at radius 2 is 1.89 bits per heavy atom. The molecule has 10 nitrogen and oxygen atoms in total.